The summed E-state index contributed by atoms with van der Waals surface area (Å²) in [6.45, 7) is 7.33. The van der Waals surface area contributed by atoms with Crippen molar-refractivity contribution in [2.75, 3.05) is 13.7 Å². The molecule has 0 radical (unpaired) electrons. The Balaban J connectivity index is 1.50. The molecule has 0 aliphatic carbocycles. The first-order chi connectivity index (χ1) is 15.8. The van der Waals surface area contributed by atoms with Gasteiger partial charge in [0, 0.05) is 49.1 Å². The van der Waals surface area contributed by atoms with Crippen LogP contribution < -0.4 is 20.4 Å². The number of carbonyl (C=O) groups excluding carboxylic acids is 1. The van der Waals surface area contributed by atoms with Gasteiger partial charge in [-0.25, -0.2) is 9.78 Å². The fourth-order valence-corrected chi connectivity index (χ4v) is 4.37. The number of benzene rings is 1. The maximum atomic E-state index is 12.9. The Morgan fingerprint density at radius 3 is 2.91 bits per heavy atom. The van der Waals surface area contributed by atoms with Gasteiger partial charge in [0.2, 0.25) is 5.91 Å². The minimum absolute atomic E-state index is 0.0902. The van der Waals surface area contributed by atoms with Crippen molar-refractivity contribution in [3.05, 3.63) is 51.9 Å². The Bertz CT molecular complexity index is 1210. The van der Waals surface area contributed by atoms with Gasteiger partial charge in [-0.1, -0.05) is 0 Å². The molecule has 0 fully saturated rings. The third kappa shape index (κ3) is 4.89. The Morgan fingerprint density at radius 2 is 2.18 bits per heavy atom. The molecule has 0 bridgehead atoms. The van der Waals surface area contributed by atoms with Crippen LogP contribution >= 0.6 is 0 Å². The monoisotopic (exact) mass is 453 g/mol. The first kappa shape index (κ1) is 22.9. The van der Waals surface area contributed by atoms with Gasteiger partial charge in [0.15, 0.2) is 0 Å². The molecule has 1 aliphatic rings. The molecule has 0 spiro atoms. The number of rotatable bonds is 8. The largest absolute Gasteiger partial charge is 0.496 e. The van der Waals surface area contributed by atoms with Crippen molar-refractivity contribution in [1.29, 1.82) is 0 Å². The number of nitrogens with one attached hydrogen (secondary N) is 1. The number of ether oxygens (including phenoxy) is 2. The average molecular weight is 454 g/mol. The molecule has 1 aliphatic heterocycles. The number of aromatic nitrogens is 2. The second-order valence-corrected chi connectivity index (χ2v) is 9.12. The molecule has 176 valence electrons. The number of nitrogens with zero attached hydrogens (tertiary/aromatic N) is 2. The van der Waals surface area contributed by atoms with Crippen LogP contribution in [-0.2, 0) is 24.2 Å². The minimum Gasteiger partial charge on any atom is -0.496 e. The topological polar surface area (TPSA) is 95.6 Å². The van der Waals surface area contributed by atoms with Gasteiger partial charge in [-0.15, -0.1) is 0 Å². The molecular weight excluding hydrogens is 422 g/mol. The molecule has 33 heavy (non-hydrogen) atoms. The summed E-state index contributed by atoms with van der Waals surface area (Å²) in [5.74, 6) is 1.21. The van der Waals surface area contributed by atoms with Crippen molar-refractivity contribution in [2.45, 2.75) is 65.0 Å². The average Bonchev–Trinajstić information content (AvgIpc) is 3.28. The molecule has 4 rings (SSSR count). The molecular formula is C25H31N3O5. The van der Waals surface area contributed by atoms with Gasteiger partial charge < -0.3 is 23.8 Å². The lowest BCUT2D eigenvalue weighted by molar-refractivity contribution is -0.121. The molecule has 1 aromatic carbocycles. The summed E-state index contributed by atoms with van der Waals surface area (Å²) in [6, 6.07) is 1.88. The van der Waals surface area contributed by atoms with Crippen LogP contribution in [0.3, 0.4) is 0 Å². The van der Waals surface area contributed by atoms with E-state index in [1.807, 2.05) is 37.6 Å². The Labute approximate surface area is 192 Å². The molecule has 0 atom stereocenters. The van der Waals surface area contributed by atoms with Gasteiger partial charge in [0.05, 0.1) is 18.8 Å². The zero-order valence-corrected chi connectivity index (χ0v) is 19.7. The van der Waals surface area contributed by atoms with E-state index >= 15 is 0 Å². The standard InChI is InChI=1S/C25H31N3O5/c1-16-17(6-7-21(29)27-10-5-12-28-13-11-26-15-28)24(30)32-23-18-8-9-25(2,3)33-19(18)14-20(31-4)22(16)23/h11,13-15H,5-10,12H2,1-4H3,(H,27,29). The SMILES string of the molecule is COc1cc2c(c3oc(=O)c(CCC(=O)NCCCn4ccnc4)c(C)c13)CCC(C)(C)O2. The van der Waals surface area contributed by atoms with Gasteiger partial charge in [-0.3, -0.25) is 4.79 Å². The van der Waals surface area contributed by atoms with Gasteiger partial charge >= 0.3 is 5.63 Å². The lowest BCUT2D eigenvalue weighted by Crippen LogP contribution is -2.32. The summed E-state index contributed by atoms with van der Waals surface area (Å²) < 4.78 is 19.5. The van der Waals surface area contributed by atoms with E-state index in [9.17, 15) is 9.59 Å². The number of aryl methyl sites for hydroxylation is 3. The van der Waals surface area contributed by atoms with Gasteiger partial charge in [-0.05, 0) is 52.0 Å². The van der Waals surface area contributed by atoms with Crippen LogP contribution in [0.1, 0.15) is 49.8 Å². The van der Waals surface area contributed by atoms with Crippen LogP contribution in [0.25, 0.3) is 11.0 Å². The number of hydrogen-bond donors (Lipinski definition) is 1. The zero-order chi connectivity index (χ0) is 23.6. The molecule has 2 aromatic heterocycles. The van der Waals surface area contributed by atoms with Gasteiger partial charge in [-0.2, -0.15) is 0 Å². The van der Waals surface area contributed by atoms with E-state index in [0.29, 0.717) is 35.6 Å². The number of imidazole rings is 1. The van der Waals surface area contributed by atoms with E-state index in [4.69, 9.17) is 13.9 Å². The molecule has 3 aromatic rings. The molecule has 0 saturated heterocycles. The van der Waals surface area contributed by atoms with Crippen LogP contribution in [0.2, 0.25) is 0 Å². The van der Waals surface area contributed by atoms with Crippen LogP contribution in [0.15, 0.2) is 34.0 Å². The van der Waals surface area contributed by atoms with Crippen molar-refractivity contribution < 1.29 is 18.7 Å². The lowest BCUT2D eigenvalue weighted by atomic mass is 9.91. The quantitative estimate of drug-likeness (QED) is 0.414. The zero-order valence-electron chi connectivity index (χ0n) is 19.7. The fraction of sp³-hybridized carbons (Fsp3) is 0.480. The Morgan fingerprint density at radius 1 is 1.36 bits per heavy atom. The van der Waals surface area contributed by atoms with Crippen molar-refractivity contribution >= 4 is 16.9 Å². The summed E-state index contributed by atoms with van der Waals surface area (Å²) in [4.78, 5) is 29.2. The number of methoxy groups -OCH3 is 1. The number of fused-ring (bicyclic) bond motifs is 3. The third-order valence-electron chi connectivity index (χ3n) is 6.24. The van der Waals surface area contributed by atoms with Crippen LogP contribution in [-0.4, -0.2) is 34.7 Å². The first-order valence-corrected chi connectivity index (χ1v) is 11.4. The third-order valence-corrected chi connectivity index (χ3v) is 6.24. The smallest absolute Gasteiger partial charge is 0.339 e. The summed E-state index contributed by atoms with van der Waals surface area (Å²) in [7, 11) is 1.59. The predicted octanol–water partition coefficient (Wildman–Crippen LogP) is 3.55. The number of amides is 1. The maximum Gasteiger partial charge on any atom is 0.339 e. The highest BCUT2D eigenvalue weighted by Crippen LogP contribution is 2.43. The highest BCUT2D eigenvalue weighted by Gasteiger charge is 2.31. The van der Waals surface area contributed by atoms with E-state index < -0.39 is 5.63 Å². The van der Waals surface area contributed by atoms with E-state index in [2.05, 4.69) is 10.3 Å². The maximum absolute atomic E-state index is 12.9. The van der Waals surface area contributed by atoms with E-state index in [1.54, 1.807) is 19.6 Å². The summed E-state index contributed by atoms with van der Waals surface area (Å²) >= 11 is 0. The normalized spacial score (nSPS) is 14.5. The highest BCUT2D eigenvalue weighted by molar-refractivity contribution is 5.92. The molecule has 0 unspecified atom stereocenters. The molecule has 1 amide bonds. The second-order valence-electron chi connectivity index (χ2n) is 9.12. The van der Waals surface area contributed by atoms with Crippen LogP contribution in [0.5, 0.6) is 11.5 Å². The van der Waals surface area contributed by atoms with Crippen molar-refractivity contribution in [2.24, 2.45) is 0 Å². The Kier molecular flexibility index (Phi) is 6.44. The second kappa shape index (κ2) is 9.29. The highest BCUT2D eigenvalue weighted by atomic mass is 16.5. The number of hydrogen-bond acceptors (Lipinski definition) is 6. The predicted molar refractivity (Wildman–Crippen MR) is 125 cm³/mol. The summed E-state index contributed by atoms with van der Waals surface area (Å²) in [5, 5.41) is 3.69. The van der Waals surface area contributed by atoms with E-state index in [1.165, 1.54) is 0 Å². The fourth-order valence-electron chi connectivity index (χ4n) is 4.37. The lowest BCUT2D eigenvalue weighted by Gasteiger charge is -2.33. The summed E-state index contributed by atoms with van der Waals surface area (Å²) in [5.41, 5.74) is 2.02. The number of carbonyl (C=O) groups is 1. The minimum atomic E-state index is -0.409. The molecule has 1 N–H and O–H groups in total. The van der Waals surface area contributed by atoms with Gasteiger partial charge in [0.25, 0.3) is 0 Å². The van der Waals surface area contributed by atoms with E-state index in [-0.39, 0.29) is 17.9 Å². The van der Waals surface area contributed by atoms with Crippen molar-refractivity contribution in [3.63, 3.8) is 0 Å². The van der Waals surface area contributed by atoms with Crippen molar-refractivity contribution in [1.82, 2.24) is 14.9 Å². The Hall–Kier alpha value is -3.29. The summed E-state index contributed by atoms with van der Waals surface area (Å²) in [6.07, 6.45) is 8.28. The van der Waals surface area contributed by atoms with E-state index in [0.717, 1.165) is 42.3 Å². The molecule has 8 heteroatoms. The van der Waals surface area contributed by atoms with Crippen LogP contribution in [0, 0.1) is 6.92 Å². The molecule has 8 nitrogen and oxygen atoms in total. The van der Waals surface area contributed by atoms with Crippen molar-refractivity contribution in [3.8, 4) is 11.5 Å². The first-order valence-electron chi connectivity index (χ1n) is 11.4. The van der Waals surface area contributed by atoms with Gasteiger partial charge in [0.1, 0.15) is 22.7 Å². The molecule has 3 heterocycles. The molecule has 0 saturated carbocycles. The van der Waals surface area contributed by atoms with Crippen LogP contribution in [0.4, 0.5) is 0 Å².